The largest absolute Gasteiger partial charge is 0.343 e. The molecule has 2 aromatic rings. The van der Waals surface area contributed by atoms with E-state index in [-0.39, 0.29) is 29.8 Å². The maximum Gasteiger partial charge on any atom is 0.246 e. The Balaban J connectivity index is 1.54. The molecule has 2 aromatic carbocycles. The smallest absolute Gasteiger partial charge is 0.246 e. The number of rotatable bonds is 7. The molecule has 0 bridgehead atoms. The van der Waals surface area contributed by atoms with Gasteiger partial charge < -0.3 is 21.3 Å². The predicted molar refractivity (Wildman–Crippen MR) is 131 cm³/mol. The molecule has 180 valence electrons. The topological polar surface area (TPSA) is 105 Å². The zero-order chi connectivity index (χ0) is 24.1. The predicted octanol–water partition coefficient (Wildman–Crippen LogP) is 2.66. The summed E-state index contributed by atoms with van der Waals surface area (Å²) in [5.74, 6) is -0.647. The van der Waals surface area contributed by atoms with Crippen LogP contribution in [0.5, 0.6) is 0 Å². The highest BCUT2D eigenvalue weighted by Gasteiger charge is 2.45. The van der Waals surface area contributed by atoms with Gasteiger partial charge in [0.15, 0.2) is 0 Å². The molecule has 2 aliphatic rings. The third kappa shape index (κ3) is 5.14. The van der Waals surface area contributed by atoms with Gasteiger partial charge in [0.2, 0.25) is 17.7 Å². The summed E-state index contributed by atoms with van der Waals surface area (Å²) in [4.78, 5) is 41.2. The van der Waals surface area contributed by atoms with Crippen molar-refractivity contribution < 1.29 is 14.4 Å². The van der Waals surface area contributed by atoms with E-state index >= 15 is 0 Å². The lowest BCUT2D eigenvalue weighted by Gasteiger charge is -2.32. The molecule has 0 unspecified atom stereocenters. The van der Waals surface area contributed by atoms with E-state index < -0.39 is 18.1 Å². The van der Waals surface area contributed by atoms with Crippen LogP contribution in [0.2, 0.25) is 0 Å². The van der Waals surface area contributed by atoms with Crippen LogP contribution in [-0.4, -0.2) is 46.8 Å². The molecule has 7 nitrogen and oxygen atoms in total. The van der Waals surface area contributed by atoms with Crippen molar-refractivity contribution in [3.63, 3.8) is 0 Å². The van der Waals surface area contributed by atoms with Crippen LogP contribution in [0.25, 0.3) is 0 Å². The monoisotopic (exact) mass is 462 g/mol. The van der Waals surface area contributed by atoms with E-state index in [0.717, 1.165) is 30.4 Å². The Labute approximate surface area is 201 Å². The van der Waals surface area contributed by atoms with Crippen LogP contribution in [0.15, 0.2) is 60.7 Å². The fourth-order valence-electron chi connectivity index (χ4n) is 5.10. The highest BCUT2D eigenvalue weighted by molar-refractivity contribution is 5.94. The lowest BCUT2D eigenvalue weighted by molar-refractivity contribution is -0.143. The van der Waals surface area contributed by atoms with E-state index in [1.165, 1.54) is 0 Å². The quantitative estimate of drug-likeness (QED) is 0.588. The minimum Gasteiger partial charge on any atom is -0.343 e. The van der Waals surface area contributed by atoms with Crippen LogP contribution < -0.4 is 16.4 Å². The van der Waals surface area contributed by atoms with Gasteiger partial charge in [0, 0.05) is 6.04 Å². The van der Waals surface area contributed by atoms with E-state index in [1.54, 1.807) is 4.90 Å². The van der Waals surface area contributed by atoms with Crippen molar-refractivity contribution >= 4 is 17.7 Å². The molecular formula is C27H34N4O3. The van der Waals surface area contributed by atoms with Crippen LogP contribution in [0.1, 0.15) is 62.6 Å². The lowest BCUT2D eigenvalue weighted by Crippen LogP contribution is -2.56. The number of nitrogens with zero attached hydrogens (tertiary/aromatic N) is 1. The number of benzene rings is 2. The molecule has 34 heavy (non-hydrogen) atoms. The van der Waals surface area contributed by atoms with Crippen molar-refractivity contribution in [3.05, 3.63) is 71.8 Å². The first-order valence-corrected chi connectivity index (χ1v) is 12.3. The van der Waals surface area contributed by atoms with Gasteiger partial charge in [-0.1, -0.05) is 67.6 Å². The third-order valence-electron chi connectivity index (χ3n) is 7.03. The van der Waals surface area contributed by atoms with Gasteiger partial charge in [-0.2, -0.15) is 0 Å². The Hall–Kier alpha value is -3.19. The molecule has 2 heterocycles. The molecule has 0 aliphatic carbocycles. The molecule has 2 aliphatic heterocycles. The number of fused-ring (bicyclic) bond motifs is 1. The standard InChI is InChI=1S/C27H34N4O3/c1-2-21(28)25(32)29-22-15-9-14-20-16-17-23(31(20)27(22)34)26(33)30-24(18-10-5-3-6-11-18)19-12-7-4-8-13-19/h3-8,10-13,20-24H,2,9,14-17,28H2,1H3,(H,29,32)(H,30,33)/t20-,21-,22+,23-/m0/s1. The maximum atomic E-state index is 13.6. The summed E-state index contributed by atoms with van der Waals surface area (Å²) in [6.07, 6.45) is 4.14. The molecule has 7 heteroatoms. The minimum atomic E-state index is -0.637. The van der Waals surface area contributed by atoms with Gasteiger partial charge in [-0.05, 0) is 49.7 Å². The number of hydrogen-bond acceptors (Lipinski definition) is 4. The zero-order valence-corrected chi connectivity index (χ0v) is 19.7. The van der Waals surface area contributed by atoms with Crippen LogP contribution in [0.4, 0.5) is 0 Å². The molecule has 0 saturated carbocycles. The van der Waals surface area contributed by atoms with E-state index in [1.807, 2.05) is 67.6 Å². The van der Waals surface area contributed by atoms with E-state index in [4.69, 9.17) is 5.73 Å². The Morgan fingerprint density at radius 3 is 2.18 bits per heavy atom. The fraction of sp³-hybridized carbons (Fsp3) is 0.444. The summed E-state index contributed by atoms with van der Waals surface area (Å²) in [5, 5.41) is 6.05. The second kappa shape index (κ2) is 10.8. The van der Waals surface area contributed by atoms with Gasteiger partial charge in [-0.15, -0.1) is 0 Å². The Bertz CT molecular complexity index is 958. The molecule has 0 radical (unpaired) electrons. The normalized spacial score (nSPS) is 23.2. The average molecular weight is 463 g/mol. The van der Waals surface area contributed by atoms with Gasteiger partial charge >= 0.3 is 0 Å². The van der Waals surface area contributed by atoms with E-state index in [0.29, 0.717) is 19.3 Å². The first kappa shape index (κ1) is 24.0. The van der Waals surface area contributed by atoms with Crippen LogP contribution >= 0.6 is 0 Å². The Morgan fingerprint density at radius 2 is 1.59 bits per heavy atom. The van der Waals surface area contributed by atoms with Crippen molar-refractivity contribution in [3.8, 4) is 0 Å². The number of carbonyl (C=O) groups excluding carboxylic acids is 3. The number of carbonyl (C=O) groups is 3. The Morgan fingerprint density at radius 1 is 0.971 bits per heavy atom. The second-order valence-corrected chi connectivity index (χ2v) is 9.26. The molecule has 0 aromatic heterocycles. The molecular weight excluding hydrogens is 428 g/mol. The summed E-state index contributed by atoms with van der Waals surface area (Å²) >= 11 is 0. The minimum absolute atomic E-state index is 0.0249. The highest BCUT2D eigenvalue weighted by atomic mass is 16.2. The summed E-state index contributed by atoms with van der Waals surface area (Å²) in [6, 6.07) is 17.6. The number of amides is 3. The number of hydrogen-bond donors (Lipinski definition) is 3. The molecule has 4 rings (SSSR count). The summed E-state index contributed by atoms with van der Waals surface area (Å²) in [5.41, 5.74) is 7.83. The molecule has 0 spiro atoms. The first-order valence-electron chi connectivity index (χ1n) is 12.3. The number of nitrogens with one attached hydrogen (secondary N) is 2. The lowest BCUT2D eigenvalue weighted by atomic mass is 9.98. The highest BCUT2D eigenvalue weighted by Crippen LogP contribution is 2.33. The van der Waals surface area contributed by atoms with E-state index in [9.17, 15) is 14.4 Å². The van der Waals surface area contributed by atoms with E-state index in [2.05, 4.69) is 10.6 Å². The van der Waals surface area contributed by atoms with Gasteiger partial charge in [-0.3, -0.25) is 14.4 Å². The van der Waals surface area contributed by atoms with Crippen LogP contribution in [-0.2, 0) is 14.4 Å². The SMILES string of the molecule is CC[C@H](N)C(=O)N[C@@H]1CCC[C@H]2CC[C@@H](C(=O)NC(c3ccccc3)c3ccccc3)N2C1=O. The molecule has 4 N–H and O–H groups in total. The van der Waals surface area contributed by atoms with Crippen molar-refractivity contribution in [2.24, 2.45) is 5.73 Å². The molecule has 2 saturated heterocycles. The summed E-state index contributed by atoms with van der Waals surface area (Å²) in [7, 11) is 0. The first-order chi connectivity index (χ1) is 16.5. The summed E-state index contributed by atoms with van der Waals surface area (Å²) in [6.45, 7) is 1.84. The maximum absolute atomic E-state index is 13.6. The second-order valence-electron chi connectivity index (χ2n) is 9.26. The van der Waals surface area contributed by atoms with Crippen molar-refractivity contribution in [2.75, 3.05) is 0 Å². The fourth-order valence-corrected chi connectivity index (χ4v) is 5.10. The van der Waals surface area contributed by atoms with Gasteiger partial charge in [0.1, 0.15) is 12.1 Å². The molecule has 4 atom stereocenters. The van der Waals surface area contributed by atoms with Gasteiger partial charge in [0.05, 0.1) is 12.1 Å². The van der Waals surface area contributed by atoms with Gasteiger partial charge in [-0.25, -0.2) is 0 Å². The van der Waals surface area contributed by atoms with Crippen LogP contribution in [0.3, 0.4) is 0 Å². The Kier molecular flexibility index (Phi) is 7.63. The van der Waals surface area contributed by atoms with Crippen molar-refractivity contribution in [2.45, 2.75) is 75.7 Å². The molecule has 2 fully saturated rings. The van der Waals surface area contributed by atoms with Gasteiger partial charge in [0.25, 0.3) is 0 Å². The zero-order valence-electron chi connectivity index (χ0n) is 19.7. The van der Waals surface area contributed by atoms with Crippen molar-refractivity contribution in [1.29, 1.82) is 0 Å². The van der Waals surface area contributed by atoms with Crippen LogP contribution in [0, 0.1) is 0 Å². The van der Waals surface area contributed by atoms with Crippen molar-refractivity contribution in [1.82, 2.24) is 15.5 Å². The summed E-state index contributed by atoms with van der Waals surface area (Å²) < 4.78 is 0. The number of nitrogens with two attached hydrogens (primary N) is 1. The average Bonchev–Trinajstić information content (AvgIpc) is 3.24. The third-order valence-corrected chi connectivity index (χ3v) is 7.03. The molecule has 3 amide bonds.